The number of nitrogens with one attached hydrogen (secondary N) is 1. The van der Waals surface area contributed by atoms with Gasteiger partial charge in [0.15, 0.2) is 5.25 Å². The maximum Gasteiger partial charge on any atom is 0.322 e. The molecule has 0 aromatic rings. The van der Waals surface area contributed by atoms with E-state index in [1.54, 1.807) is 19.9 Å². The predicted octanol–water partition coefficient (Wildman–Crippen LogP) is 0.317. The largest absolute Gasteiger partial charge is 0.480 e. The summed E-state index contributed by atoms with van der Waals surface area (Å²) >= 11 is 0. The zero-order valence-electron chi connectivity index (χ0n) is 9.47. The van der Waals surface area contributed by atoms with Crippen LogP contribution in [-0.4, -0.2) is 30.8 Å². The lowest BCUT2D eigenvalue weighted by Crippen LogP contribution is -2.47. The van der Waals surface area contributed by atoms with Crippen molar-refractivity contribution in [3.05, 3.63) is 0 Å². The van der Waals surface area contributed by atoms with Gasteiger partial charge in [-0.1, -0.05) is 20.3 Å². The standard InChI is InChI=1S/C9H16N2O4S/c1-4-6(2)8(9(12)13)11-16(14,15)7(3)5-10/h6-8,11H,4H2,1-3H3,(H,12,13)/t6?,7?,8-/m0/s1. The molecule has 3 atom stereocenters. The molecule has 6 nitrogen and oxygen atoms in total. The summed E-state index contributed by atoms with van der Waals surface area (Å²) in [6.07, 6.45) is 0.528. The second-order valence-electron chi connectivity index (χ2n) is 3.64. The Balaban J connectivity index is 4.92. The van der Waals surface area contributed by atoms with E-state index in [-0.39, 0.29) is 5.92 Å². The number of carboxylic acids is 1. The van der Waals surface area contributed by atoms with Gasteiger partial charge in [-0.25, -0.2) is 8.42 Å². The van der Waals surface area contributed by atoms with Crippen LogP contribution in [0, 0.1) is 17.2 Å². The molecule has 92 valence electrons. The van der Waals surface area contributed by atoms with Gasteiger partial charge in [0, 0.05) is 0 Å². The van der Waals surface area contributed by atoms with Crippen molar-refractivity contribution in [3.8, 4) is 6.07 Å². The number of sulfonamides is 1. The van der Waals surface area contributed by atoms with Gasteiger partial charge in [-0.3, -0.25) is 4.79 Å². The number of carbonyl (C=O) groups is 1. The van der Waals surface area contributed by atoms with Crippen LogP contribution in [0.1, 0.15) is 27.2 Å². The summed E-state index contributed by atoms with van der Waals surface area (Å²) in [5.41, 5.74) is 0. The Hall–Kier alpha value is -1.13. The van der Waals surface area contributed by atoms with Gasteiger partial charge in [-0.15, -0.1) is 0 Å². The van der Waals surface area contributed by atoms with Gasteiger partial charge in [-0.05, 0) is 12.8 Å². The van der Waals surface area contributed by atoms with Gasteiger partial charge in [0.1, 0.15) is 6.04 Å². The lowest BCUT2D eigenvalue weighted by Gasteiger charge is -2.20. The molecule has 0 aliphatic heterocycles. The molecule has 0 aromatic heterocycles. The minimum atomic E-state index is -3.90. The molecular formula is C9H16N2O4S. The normalized spacial score (nSPS) is 17.1. The van der Waals surface area contributed by atoms with Crippen LogP contribution in [0.15, 0.2) is 0 Å². The Morgan fingerprint density at radius 3 is 2.31 bits per heavy atom. The molecule has 7 heteroatoms. The molecule has 0 aromatic carbocycles. The highest BCUT2D eigenvalue weighted by molar-refractivity contribution is 7.90. The van der Waals surface area contributed by atoms with Gasteiger partial charge < -0.3 is 5.11 Å². The van der Waals surface area contributed by atoms with Crippen molar-refractivity contribution >= 4 is 16.0 Å². The number of hydrogen-bond acceptors (Lipinski definition) is 4. The summed E-state index contributed by atoms with van der Waals surface area (Å²) < 4.78 is 25.0. The molecule has 16 heavy (non-hydrogen) atoms. The Kier molecular flexibility index (Phi) is 5.41. The third-order valence-corrected chi connectivity index (χ3v) is 4.04. The minimum Gasteiger partial charge on any atom is -0.480 e. The summed E-state index contributed by atoms with van der Waals surface area (Å²) in [6.45, 7) is 4.61. The van der Waals surface area contributed by atoms with E-state index in [9.17, 15) is 13.2 Å². The monoisotopic (exact) mass is 248 g/mol. The van der Waals surface area contributed by atoms with E-state index < -0.39 is 27.3 Å². The SMILES string of the molecule is CCC(C)[C@H](NS(=O)(=O)C(C)C#N)C(=O)O. The molecule has 0 radical (unpaired) electrons. The molecule has 0 aliphatic carbocycles. The fourth-order valence-corrected chi connectivity index (χ4v) is 2.02. The molecular weight excluding hydrogens is 232 g/mol. The van der Waals surface area contributed by atoms with Crippen molar-refractivity contribution in [2.75, 3.05) is 0 Å². The fourth-order valence-electron chi connectivity index (χ4n) is 0.994. The van der Waals surface area contributed by atoms with Crippen LogP contribution in [0.3, 0.4) is 0 Å². The molecule has 0 amide bonds. The first kappa shape index (κ1) is 14.9. The van der Waals surface area contributed by atoms with E-state index in [1.165, 1.54) is 6.92 Å². The van der Waals surface area contributed by atoms with E-state index >= 15 is 0 Å². The second kappa shape index (κ2) is 5.82. The highest BCUT2D eigenvalue weighted by atomic mass is 32.2. The van der Waals surface area contributed by atoms with E-state index in [4.69, 9.17) is 10.4 Å². The van der Waals surface area contributed by atoms with Crippen molar-refractivity contribution in [1.29, 1.82) is 5.26 Å². The average molecular weight is 248 g/mol. The zero-order valence-corrected chi connectivity index (χ0v) is 10.3. The first-order valence-corrected chi connectivity index (χ1v) is 6.44. The maximum absolute atomic E-state index is 11.5. The number of aliphatic carboxylic acids is 1. The first-order chi connectivity index (χ1) is 7.26. The van der Waals surface area contributed by atoms with Gasteiger partial charge in [0.2, 0.25) is 10.0 Å². The lowest BCUT2D eigenvalue weighted by molar-refractivity contribution is -0.140. The molecule has 0 bridgehead atoms. The average Bonchev–Trinajstić information content (AvgIpc) is 2.23. The molecule has 0 heterocycles. The van der Waals surface area contributed by atoms with Crippen LogP contribution >= 0.6 is 0 Å². The number of carboxylic acid groups (broad SMARTS) is 1. The molecule has 0 aliphatic rings. The molecule has 2 unspecified atom stereocenters. The number of rotatable bonds is 6. The van der Waals surface area contributed by atoms with Crippen molar-refractivity contribution in [2.24, 2.45) is 5.92 Å². The topological polar surface area (TPSA) is 107 Å². The summed E-state index contributed by atoms with van der Waals surface area (Å²) in [6, 6.07) is 0.374. The molecule has 0 saturated carbocycles. The van der Waals surface area contributed by atoms with Crippen LogP contribution in [0.4, 0.5) is 0 Å². The third kappa shape index (κ3) is 3.79. The maximum atomic E-state index is 11.5. The molecule has 0 spiro atoms. The van der Waals surface area contributed by atoms with Crippen LogP contribution in [0.2, 0.25) is 0 Å². The lowest BCUT2D eigenvalue weighted by atomic mass is 10.0. The van der Waals surface area contributed by atoms with Crippen LogP contribution < -0.4 is 4.72 Å². The molecule has 0 rings (SSSR count). The smallest absolute Gasteiger partial charge is 0.322 e. The van der Waals surface area contributed by atoms with E-state index in [1.807, 2.05) is 4.72 Å². The Bertz CT molecular complexity index is 385. The van der Waals surface area contributed by atoms with Gasteiger partial charge in [0.25, 0.3) is 0 Å². The van der Waals surface area contributed by atoms with Crippen molar-refractivity contribution in [1.82, 2.24) is 4.72 Å². The van der Waals surface area contributed by atoms with Crippen LogP contribution in [0.25, 0.3) is 0 Å². The number of nitrogens with zero attached hydrogens (tertiary/aromatic N) is 1. The Labute approximate surface area is 95.3 Å². The Morgan fingerprint density at radius 2 is 2.00 bits per heavy atom. The van der Waals surface area contributed by atoms with Gasteiger partial charge >= 0.3 is 5.97 Å². The minimum absolute atomic E-state index is 0.335. The zero-order chi connectivity index (χ0) is 12.9. The van der Waals surface area contributed by atoms with Crippen molar-refractivity contribution in [3.63, 3.8) is 0 Å². The summed E-state index contributed by atoms with van der Waals surface area (Å²) in [4.78, 5) is 10.9. The van der Waals surface area contributed by atoms with Gasteiger partial charge in [0.05, 0.1) is 6.07 Å². The van der Waals surface area contributed by atoms with Crippen LogP contribution in [0.5, 0.6) is 0 Å². The number of nitriles is 1. The van der Waals surface area contributed by atoms with Gasteiger partial charge in [-0.2, -0.15) is 9.98 Å². The first-order valence-electron chi connectivity index (χ1n) is 4.89. The summed E-state index contributed by atoms with van der Waals surface area (Å²) in [7, 11) is -3.90. The van der Waals surface area contributed by atoms with Crippen molar-refractivity contribution < 1.29 is 18.3 Å². The molecule has 2 N–H and O–H groups in total. The van der Waals surface area contributed by atoms with E-state index in [0.29, 0.717) is 6.42 Å². The van der Waals surface area contributed by atoms with Crippen molar-refractivity contribution in [2.45, 2.75) is 38.5 Å². The number of hydrogen-bond donors (Lipinski definition) is 2. The van der Waals surface area contributed by atoms with E-state index in [0.717, 1.165) is 0 Å². The highest BCUT2D eigenvalue weighted by Gasteiger charge is 2.31. The fraction of sp³-hybridized carbons (Fsp3) is 0.778. The third-order valence-electron chi connectivity index (χ3n) is 2.42. The van der Waals surface area contributed by atoms with E-state index in [2.05, 4.69) is 0 Å². The molecule has 0 fully saturated rings. The Morgan fingerprint density at radius 1 is 1.50 bits per heavy atom. The van der Waals surface area contributed by atoms with Crippen LogP contribution in [-0.2, 0) is 14.8 Å². The highest BCUT2D eigenvalue weighted by Crippen LogP contribution is 2.10. The summed E-state index contributed by atoms with van der Waals surface area (Å²) in [5, 5.41) is 16.1. The molecule has 0 saturated heterocycles. The predicted molar refractivity (Wildman–Crippen MR) is 58.0 cm³/mol. The second-order valence-corrected chi connectivity index (χ2v) is 5.67. The quantitative estimate of drug-likeness (QED) is 0.703. The summed E-state index contributed by atoms with van der Waals surface area (Å²) in [5.74, 6) is -1.57.